The molecule has 0 radical (unpaired) electrons. The summed E-state index contributed by atoms with van der Waals surface area (Å²) in [6.07, 6.45) is 5.20. The van der Waals surface area contributed by atoms with E-state index in [1.807, 2.05) is 27.8 Å². The quantitative estimate of drug-likeness (QED) is 0.797. The van der Waals surface area contributed by atoms with Crippen molar-refractivity contribution in [2.75, 3.05) is 20.1 Å². The molecule has 0 aromatic heterocycles. The number of carbonyl (C=O) groups is 1. The maximum Gasteiger partial charge on any atom is 0.410 e. The minimum absolute atomic E-state index is 0.202. The molecule has 1 aliphatic rings. The Bertz CT molecular complexity index is 332. The van der Waals surface area contributed by atoms with E-state index in [-0.39, 0.29) is 6.09 Å². The molecular weight excluding hydrogens is 240 g/mol. The molecule has 0 aromatic rings. The number of amides is 1. The van der Waals surface area contributed by atoms with Gasteiger partial charge in [-0.05, 0) is 54.0 Å². The highest BCUT2D eigenvalue weighted by Gasteiger charge is 2.23. The van der Waals surface area contributed by atoms with Gasteiger partial charge in [-0.1, -0.05) is 11.6 Å². The van der Waals surface area contributed by atoms with E-state index in [1.165, 1.54) is 5.57 Å². The first kappa shape index (κ1) is 16.0. The van der Waals surface area contributed by atoms with Crippen molar-refractivity contribution in [3.8, 4) is 0 Å². The molecule has 1 rings (SSSR count). The van der Waals surface area contributed by atoms with E-state index in [0.717, 1.165) is 25.8 Å². The molecule has 0 saturated heterocycles. The third kappa shape index (κ3) is 6.10. The van der Waals surface area contributed by atoms with Gasteiger partial charge in [0.05, 0.1) is 0 Å². The molecular formula is C15H28N2O2. The summed E-state index contributed by atoms with van der Waals surface area (Å²) in [6, 6.07) is 0.546. The average Bonchev–Trinajstić information content (AvgIpc) is 2.34. The fourth-order valence-electron chi connectivity index (χ4n) is 1.98. The van der Waals surface area contributed by atoms with Gasteiger partial charge in [0, 0.05) is 19.1 Å². The minimum atomic E-state index is -0.413. The molecule has 1 N–H and O–H groups in total. The van der Waals surface area contributed by atoms with E-state index in [4.69, 9.17) is 4.74 Å². The molecule has 1 aliphatic heterocycles. The highest BCUT2D eigenvalue weighted by molar-refractivity contribution is 5.68. The lowest BCUT2D eigenvalue weighted by molar-refractivity contribution is 0.0265. The zero-order valence-electron chi connectivity index (χ0n) is 13.0. The second-order valence-corrected chi connectivity index (χ2v) is 6.27. The zero-order chi connectivity index (χ0) is 14.5. The number of rotatable bonds is 4. The van der Waals surface area contributed by atoms with Crippen LogP contribution in [0.4, 0.5) is 4.79 Å². The third-order valence-electron chi connectivity index (χ3n) is 3.35. The predicted molar refractivity (Wildman–Crippen MR) is 78.3 cm³/mol. The first-order chi connectivity index (χ1) is 8.81. The van der Waals surface area contributed by atoms with Crippen molar-refractivity contribution in [2.24, 2.45) is 0 Å². The van der Waals surface area contributed by atoms with Gasteiger partial charge in [-0.2, -0.15) is 0 Å². The molecule has 1 unspecified atom stereocenters. The highest BCUT2D eigenvalue weighted by atomic mass is 16.6. The van der Waals surface area contributed by atoms with Crippen LogP contribution in [0.2, 0.25) is 0 Å². The maximum absolute atomic E-state index is 11.9. The van der Waals surface area contributed by atoms with Crippen molar-refractivity contribution in [1.82, 2.24) is 10.2 Å². The number of nitrogens with one attached hydrogen (secondary N) is 1. The summed E-state index contributed by atoms with van der Waals surface area (Å²) in [5, 5.41) is 3.25. The Hall–Kier alpha value is -1.03. The van der Waals surface area contributed by atoms with Crippen molar-refractivity contribution < 1.29 is 9.53 Å². The summed E-state index contributed by atoms with van der Waals surface area (Å²) in [5.41, 5.74) is 1.05. The molecule has 0 aliphatic carbocycles. The summed E-state index contributed by atoms with van der Waals surface area (Å²) >= 11 is 0. The van der Waals surface area contributed by atoms with Crippen molar-refractivity contribution in [3.63, 3.8) is 0 Å². The smallest absolute Gasteiger partial charge is 0.410 e. The SMILES string of the molecule is CNC(C)CCC1=CCN(C(=O)OC(C)(C)C)CC1. The lowest BCUT2D eigenvalue weighted by Gasteiger charge is -2.29. The van der Waals surface area contributed by atoms with E-state index in [9.17, 15) is 4.79 Å². The van der Waals surface area contributed by atoms with Crippen LogP contribution in [0.5, 0.6) is 0 Å². The standard InChI is InChI=1S/C15H28N2O2/c1-12(16-5)6-7-13-8-10-17(11-9-13)14(18)19-15(2,3)4/h8,12,16H,6-7,9-11H2,1-5H3. The Balaban J connectivity index is 2.38. The van der Waals surface area contributed by atoms with E-state index >= 15 is 0 Å². The van der Waals surface area contributed by atoms with E-state index in [2.05, 4.69) is 18.3 Å². The van der Waals surface area contributed by atoms with Gasteiger partial charge in [0.15, 0.2) is 0 Å². The summed E-state index contributed by atoms with van der Waals surface area (Å²) in [4.78, 5) is 13.7. The molecule has 19 heavy (non-hydrogen) atoms. The van der Waals surface area contributed by atoms with E-state index in [0.29, 0.717) is 12.6 Å². The van der Waals surface area contributed by atoms with Gasteiger partial charge in [-0.15, -0.1) is 0 Å². The minimum Gasteiger partial charge on any atom is -0.444 e. The second-order valence-electron chi connectivity index (χ2n) is 6.27. The van der Waals surface area contributed by atoms with Gasteiger partial charge >= 0.3 is 6.09 Å². The summed E-state index contributed by atoms with van der Waals surface area (Å²) in [7, 11) is 1.99. The van der Waals surface area contributed by atoms with Crippen molar-refractivity contribution >= 4 is 6.09 Å². The van der Waals surface area contributed by atoms with Gasteiger partial charge in [-0.25, -0.2) is 4.79 Å². The third-order valence-corrected chi connectivity index (χ3v) is 3.35. The lowest BCUT2D eigenvalue weighted by Crippen LogP contribution is -2.39. The molecule has 110 valence electrons. The van der Waals surface area contributed by atoms with Crippen LogP contribution in [-0.4, -0.2) is 42.8 Å². The molecule has 1 atom stereocenters. The first-order valence-electron chi connectivity index (χ1n) is 7.15. The first-order valence-corrected chi connectivity index (χ1v) is 7.15. The molecule has 0 saturated carbocycles. The van der Waals surface area contributed by atoms with E-state index < -0.39 is 5.60 Å². The Morgan fingerprint density at radius 3 is 2.68 bits per heavy atom. The van der Waals surface area contributed by atoms with Crippen molar-refractivity contribution in [3.05, 3.63) is 11.6 Å². The Labute approximate surface area is 117 Å². The topological polar surface area (TPSA) is 41.6 Å². The van der Waals surface area contributed by atoms with Gasteiger partial charge in [0.1, 0.15) is 5.60 Å². The molecule has 0 aromatic carbocycles. The molecule has 0 fully saturated rings. The Morgan fingerprint density at radius 2 is 2.21 bits per heavy atom. The second kappa shape index (κ2) is 6.94. The number of hydrogen-bond donors (Lipinski definition) is 1. The Kier molecular flexibility index (Phi) is 5.85. The molecule has 4 nitrogen and oxygen atoms in total. The number of nitrogens with zero attached hydrogens (tertiary/aromatic N) is 1. The van der Waals surface area contributed by atoms with Gasteiger partial charge in [-0.3, -0.25) is 0 Å². The van der Waals surface area contributed by atoms with Crippen LogP contribution < -0.4 is 5.32 Å². The van der Waals surface area contributed by atoms with Crippen LogP contribution in [0, 0.1) is 0 Å². The fraction of sp³-hybridized carbons (Fsp3) is 0.800. The number of hydrogen-bond acceptors (Lipinski definition) is 3. The Morgan fingerprint density at radius 1 is 1.53 bits per heavy atom. The lowest BCUT2D eigenvalue weighted by atomic mass is 10.0. The predicted octanol–water partition coefficient (Wildman–Crippen LogP) is 2.94. The zero-order valence-corrected chi connectivity index (χ0v) is 13.0. The monoisotopic (exact) mass is 268 g/mol. The van der Waals surface area contributed by atoms with Gasteiger partial charge in [0.25, 0.3) is 0 Å². The van der Waals surface area contributed by atoms with Crippen molar-refractivity contribution in [2.45, 2.75) is 58.6 Å². The van der Waals surface area contributed by atoms with Crippen LogP contribution in [0.1, 0.15) is 47.0 Å². The molecule has 0 bridgehead atoms. The molecule has 1 amide bonds. The normalized spacial score (nSPS) is 17.9. The van der Waals surface area contributed by atoms with Crippen LogP contribution in [0.3, 0.4) is 0 Å². The van der Waals surface area contributed by atoms with Crippen LogP contribution >= 0.6 is 0 Å². The number of ether oxygens (including phenoxy) is 1. The van der Waals surface area contributed by atoms with Gasteiger partial charge < -0.3 is 15.0 Å². The fourth-order valence-corrected chi connectivity index (χ4v) is 1.98. The highest BCUT2D eigenvalue weighted by Crippen LogP contribution is 2.19. The largest absolute Gasteiger partial charge is 0.444 e. The summed E-state index contributed by atoms with van der Waals surface area (Å²) in [5.74, 6) is 0. The number of carbonyl (C=O) groups excluding carboxylic acids is 1. The molecule has 4 heteroatoms. The van der Waals surface area contributed by atoms with Crippen LogP contribution in [0.25, 0.3) is 0 Å². The van der Waals surface area contributed by atoms with Crippen LogP contribution in [0.15, 0.2) is 11.6 Å². The summed E-state index contributed by atoms with van der Waals surface area (Å²) in [6.45, 7) is 9.34. The molecule has 1 heterocycles. The van der Waals surface area contributed by atoms with E-state index in [1.54, 1.807) is 4.90 Å². The van der Waals surface area contributed by atoms with Gasteiger partial charge in [0.2, 0.25) is 0 Å². The average molecular weight is 268 g/mol. The maximum atomic E-state index is 11.9. The van der Waals surface area contributed by atoms with Crippen LogP contribution in [-0.2, 0) is 4.74 Å². The molecule has 0 spiro atoms. The summed E-state index contributed by atoms with van der Waals surface area (Å²) < 4.78 is 5.38. The van der Waals surface area contributed by atoms with Crippen molar-refractivity contribution in [1.29, 1.82) is 0 Å².